The Balaban J connectivity index is 1.85. The summed E-state index contributed by atoms with van der Waals surface area (Å²) in [6, 6.07) is 11.0. The molecule has 0 unspecified atom stereocenters. The van der Waals surface area contributed by atoms with Crippen LogP contribution in [0.25, 0.3) is 0 Å². The number of nitrogens with two attached hydrogens (primary N) is 1. The zero-order chi connectivity index (χ0) is 17.1. The standard InChI is InChI=1S/C19H23N3O2/c1-13-10-16(20)17(12-18(13)22-8-3-4-9-22)21-19(23)14-6-5-7-15(11-14)24-2/h5-7,10-12H,3-4,8-9,20H2,1-2H3,(H,21,23). The molecular formula is C19H23N3O2. The highest BCUT2D eigenvalue weighted by molar-refractivity contribution is 6.06. The zero-order valence-corrected chi connectivity index (χ0v) is 14.1. The first-order chi connectivity index (χ1) is 11.6. The van der Waals surface area contributed by atoms with Gasteiger partial charge < -0.3 is 20.7 Å². The first kappa shape index (κ1) is 16.2. The SMILES string of the molecule is COc1cccc(C(=O)Nc2cc(N3CCCC3)c(C)cc2N)c1. The molecule has 3 rings (SSSR count). The number of hydrogen-bond donors (Lipinski definition) is 2. The fourth-order valence-electron chi connectivity index (χ4n) is 3.08. The van der Waals surface area contributed by atoms with E-state index in [4.69, 9.17) is 10.5 Å². The van der Waals surface area contributed by atoms with Crippen LogP contribution in [0.5, 0.6) is 5.75 Å². The minimum atomic E-state index is -0.197. The van der Waals surface area contributed by atoms with Gasteiger partial charge in [-0.05, 0) is 55.7 Å². The number of methoxy groups -OCH3 is 1. The van der Waals surface area contributed by atoms with E-state index >= 15 is 0 Å². The summed E-state index contributed by atoms with van der Waals surface area (Å²) in [4.78, 5) is 14.9. The Labute approximate surface area is 142 Å². The third-order valence-corrected chi connectivity index (χ3v) is 4.39. The fraction of sp³-hybridized carbons (Fsp3) is 0.316. The van der Waals surface area contributed by atoms with Gasteiger partial charge in [-0.25, -0.2) is 0 Å². The molecule has 126 valence electrons. The molecule has 0 bridgehead atoms. The minimum absolute atomic E-state index is 0.197. The van der Waals surface area contributed by atoms with E-state index in [1.165, 1.54) is 12.8 Å². The quantitative estimate of drug-likeness (QED) is 0.845. The van der Waals surface area contributed by atoms with Crippen molar-refractivity contribution in [3.05, 3.63) is 47.5 Å². The number of carbonyl (C=O) groups is 1. The summed E-state index contributed by atoms with van der Waals surface area (Å²) in [6.45, 7) is 4.15. The first-order valence-electron chi connectivity index (χ1n) is 8.19. The molecule has 1 heterocycles. The highest BCUT2D eigenvalue weighted by Gasteiger charge is 2.17. The van der Waals surface area contributed by atoms with E-state index in [0.29, 0.717) is 22.7 Å². The van der Waals surface area contributed by atoms with Crippen molar-refractivity contribution in [2.24, 2.45) is 0 Å². The molecule has 0 saturated carbocycles. The number of aryl methyl sites for hydroxylation is 1. The monoisotopic (exact) mass is 325 g/mol. The third kappa shape index (κ3) is 3.30. The van der Waals surface area contributed by atoms with Crippen LogP contribution in [0.4, 0.5) is 17.1 Å². The smallest absolute Gasteiger partial charge is 0.255 e. The Hall–Kier alpha value is -2.69. The largest absolute Gasteiger partial charge is 0.497 e. The average Bonchev–Trinajstić information content (AvgIpc) is 3.11. The van der Waals surface area contributed by atoms with Gasteiger partial charge in [0.05, 0.1) is 18.5 Å². The number of nitrogens with one attached hydrogen (secondary N) is 1. The Morgan fingerprint density at radius 2 is 1.96 bits per heavy atom. The minimum Gasteiger partial charge on any atom is -0.497 e. The van der Waals surface area contributed by atoms with Crippen molar-refractivity contribution in [3.8, 4) is 5.75 Å². The van der Waals surface area contributed by atoms with Crippen molar-refractivity contribution in [2.75, 3.05) is 36.1 Å². The zero-order valence-electron chi connectivity index (χ0n) is 14.1. The van der Waals surface area contributed by atoms with Crippen LogP contribution in [0.2, 0.25) is 0 Å². The van der Waals surface area contributed by atoms with Gasteiger partial charge in [-0.2, -0.15) is 0 Å². The summed E-state index contributed by atoms with van der Waals surface area (Å²) in [5.41, 5.74) is 10.2. The topological polar surface area (TPSA) is 67.6 Å². The second-order valence-electron chi connectivity index (χ2n) is 6.11. The van der Waals surface area contributed by atoms with Crippen LogP contribution in [0, 0.1) is 6.92 Å². The van der Waals surface area contributed by atoms with E-state index in [1.54, 1.807) is 25.3 Å². The summed E-state index contributed by atoms with van der Waals surface area (Å²) in [5.74, 6) is 0.453. The number of rotatable bonds is 4. The van der Waals surface area contributed by atoms with Gasteiger partial charge in [0.2, 0.25) is 0 Å². The molecule has 1 amide bonds. The molecule has 24 heavy (non-hydrogen) atoms. The van der Waals surface area contributed by atoms with Crippen molar-refractivity contribution < 1.29 is 9.53 Å². The molecule has 1 saturated heterocycles. The highest BCUT2D eigenvalue weighted by atomic mass is 16.5. The lowest BCUT2D eigenvalue weighted by molar-refractivity contribution is 0.102. The van der Waals surface area contributed by atoms with Gasteiger partial charge in [-0.15, -0.1) is 0 Å². The number of nitrogens with zero attached hydrogens (tertiary/aromatic N) is 1. The molecule has 1 aliphatic rings. The fourth-order valence-corrected chi connectivity index (χ4v) is 3.08. The van der Waals surface area contributed by atoms with E-state index in [-0.39, 0.29) is 5.91 Å². The second kappa shape index (κ2) is 6.83. The van der Waals surface area contributed by atoms with Gasteiger partial charge in [0.1, 0.15) is 5.75 Å². The molecule has 3 N–H and O–H groups in total. The maximum absolute atomic E-state index is 12.5. The Bertz CT molecular complexity index is 752. The maximum Gasteiger partial charge on any atom is 0.255 e. The number of amides is 1. The molecule has 2 aromatic rings. The summed E-state index contributed by atoms with van der Waals surface area (Å²) in [5, 5.41) is 2.92. The number of hydrogen-bond acceptors (Lipinski definition) is 4. The molecule has 1 fully saturated rings. The van der Waals surface area contributed by atoms with Gasteiger partial charge in [-0.3, -0.25) is 4.79 Å². The van der Waals surface area contributed by atoms with Gasteiger partial charge in [0.15, 0.2) is 0 Å². The molecule has 2 aromatic carbocycles. The van der Waals surface area contributed by atoms with E-state index in [9.17, 15) is 4.79 Å². The number of ether oxygens (including phenoxy) is 1. The maximum atomic E-state index is 12.5. The summed E-state index contributed by atoms with van der Waals surface area (Å²) >= 11 is 0. The van der Waals surface area contributed by atoms with Crippen molar-refractivity contribution >= 4 is 23.0 Å². The number of carbonyl (C=O) groups excluding carboxylic acids is 1. The van der Waals surface area contributed by atoms with Gasteiger partial charge in [0, 0.05) is 24.3 Å². The van der Waals surface area contributed by atoms with Crippen LogP contribution in [0.15, 0.2) is 36.4 Å². The van der Waals surface area contributed by atoms with Crippen LogP contribution in [-0.2, 0) is 0 Å². The number of anilines is 3. The normalized spacial score (nSPS) is 13.8. The Morgan fingerprint density at radius 1 is 1.21 bits per heavy atom. The second-order valence-corrected chi connectivity index (χ2v) is 6.11. The van der Waals surface area contributed by atoms with Crippen molar-refractivity contribution in [1.29, 1.82) is 0 Å². The van der Waals surface area contributed by atoms with Crippen LogP contribution < -0.4 is 20.7 Å². The Kier molecular flexibility index (Phi) is 4.60. The molecule has 0 spiro atoms. The van der Waals surface area contributed by atoms with Crippen LogP contribution in [0.1, 0.15) is 28.8 Å². The lowest BCUT2D eigenvalue weighted by Crippen LogP contribution is -2.20. The Morgan fingerprint density at radius 3 is 2.67 bits per heavy atom. The van der Waals surface area contributed by atoms with Gasteiger partial charge >= 0.3 is 0 Å². The summed E-state index contributed by atoms with van der Waals surface area (Å²) in [6.07, 6.45) is 2.41. The third-order valence-electron chi connectivity index (χ3n) is 4.39. The molecule has 5 nitrogen and oxygen atoms in total. The lowest BCUT2D eigenvalue weighted by atomic mass is 10.1. The van der Waals surface area contributed by atoms with E-state index in [1.807, 2.05) is 18.2 Å². The number of benzene rings is 2. The van der Waals surface area contributed by atoms with Crippen LogP contribution >= 0.6 is 0 Å². The summed E-state index contributed by atoms with van der Waals surface area (Å²) in [7, 11) is 1.58. The van der Waals surface area contributed by atoms with Gasteiger partial charge in [-0.1, -0.05) is 6.07 Å². The van der Waals surface area contributed by atoms with Crippen molar-refractivity contribution in [2.45, 2.75) is 19.8 Å². The first-order valence-corrected chi connectivity index (χ1v) is 8.19. The molecular weight excluding hydrogens is 302 g/mol. The molecule has 1 aliphatic heterocycles. The lowest BCUT2D eigenvalue weighted by Gasteiger charge is -2.22. The van der Waals surface area contributed by atoms with E-state index in [0.717, 1.165) is 24.3 Å². The molecule has 0 aliphatic carbocycles. The van der Waals surface area contributed by atoms with Crippen LogP contribution in [-0.4, -0.2) is 26.1 Å². The predicted molar refractivity (Wildman–Crippen MR) is 98.0 cm³/mol. The highest BCUT2D eigenvalue weighted by Crippen LogP contribution is 2.32. The number of nitrogen functional groups attached to an aromatic ring is 1. The molecule has 0 radical (unpaired) electrons. The van der Waals surface area contributed by atoms with Crippen molar-refractivity contribution in [1.82, 2.24) is 0 Å². The van der Waals surface area contributed by atoms with E-state index in [2.05, 4.69) is 17.1 Å². The molecule has 0 atom stereocenters. The van der Waals surface area contributed by atoms with Crippen molar-refractivity contribution in [3.63, 3.8) is 0 Å². The van der Waals surface area contributed by atoms with Gasteiger partial charge in [0.25, 0.3) is 5.91 Å². The van der Waals surface area contributed by atoms with Crippen LogP contribution in [0.3, 0.4) is 0 Å². The summed E-state index contributed by atoms with van der Waals surface area (Å²) < 4.78 is 5.17. The predicted octanol–water partition coefficient (Wildman–Crippen LogP) is 3.44. The molecule has 0 aromatic heterocycles. The average molecular weight is 325 g/mol. The van der Waals surface area contributed by atoms with E-state index < -0.39 is 0 Å². The molecule has 5 heteroatoms.